The molecule has 2 rings (SSSR count). The Kier molecular flexibility index (Phi) is 3.30. The van der Waals surface area contributed by atoms with Gasteiger partial charge in [-0.15, -0.1) is 0 Å². The Labute approximate surface area is 103 Å². The third kappa shape index (κ3) is 2.12. The summed E-state index contributed by atoms with van der Waals surface area (Å²) < 4.78 is 0.811. The Morgan fingerprint density at radius 3 is 2.81 bits per heavy atom. The number of aliphatic hydroxyl groups excluding tert-OH is 1. The van der Waals surface area contributed by atoms with Crippen LogP contribution in [-0.4, -0.2) is 34.3 Å². The van der Waals surface area contributed by atoms with E-state index in [0.29, 0.717) is 5.95 Å². The molecule has 0 radical (unpaired) electrons. The molecular formula is C10H15BrN4O. The standard InChI is InChI=1S/C10H15BrN4O/c1-12-9-13-5-7(11)8(14-9)15-10(6-16)3-2-4-10/h5,16H,2-4,6H2,1H3,(H2,12,13,14,15). The zero-order valence-electron chi connectivity index (χ0n) is 9.13. The molecular weight excluding hydrogens is 272 g/mol. The Morgan fingerprint density at radius 2 is 2.31 bits per heavy atom. The highest BCUT2D eigenvalue weighted by Gasteiger charge is 2.37. The highest BCUT2D eigenvalue weighted by atomic mass is 79.9. The van der Waals surface area contributed by atoms with Crippen LogP contribution in [0.1, 0.15) is 19.3 Å². The lowest BCUT2D eigenvalue weighted by atomic mass is 9.77. The molecule has 1 aromatic rings. The summed E-state index contributed by atoms with van der Waals surface area (Å²) in [6.07, 6.45) is 4.81. The second-order valence-electron chi connectivity index (χ2n) is 4.06. The summed E-state index contributed by atoms with van der Waals surface area (Å²) in [7, 11) is 1.78. The minimum Gasteiger partial charge on any atom is -0.394 e. The van der Waals surface area contributed by atoms with Crippen molar-refractivity contribution in [2.75, 3.05) is 24.3 Å². The van der Waals surface area contributed by atoms with Gasteiger partial charge in [0.1, 0.15) is 5.82 Å². The Morgan fingerprint density at radius 1 is 1.56 bits per heavy atom. The van der Waals surface area contributed by atoms with Crippen molar-refractivity contribution in [1.29, 1.82) is 0 Å². The first-order valence-electron chi connectivity index (χ1n) is 5.28. The van der Waals surface area contributed by atoms with Crippen molar-refractivity contribution in [3.8, 4) is 0 Å². The lowest BCUT2D eigenvalue weighted by Crippen LogP contribution is -2.48. The molecule has 0 aromatic carbocycles. The number of halogens is 1. The smallest absolute Gasteiger partial charge is 0.224 e. The maximum atomic E-state index is 9.38. The monoisotopic (exact) mass is 286 g/mol. The number of rotatable bonds is 4. The molecule has 1 aliphatic carbocycles. The van der Waals surface area contributed by atoms with E-state index in [-0.39, 0.29) is 12.1 Å². The zero-order chi connectivity index (χ0) is 11.6. The van der Waals surface area contributed by atoms with E-state index < -0.39 is 0 Å². The summed E-state index contributed by atoms with van der Waals surface area (Å²) in [5.74, 6) is 1.30. The molecule has 16 heavy (non-hydrogen) atoms. The van der Waals surface area contributed by atoms with Gasteiger partial charge in [0.25, 0.3) is 0 Å². The van der Waals surface area contributed by atoms with Crippen LogP contribution in [0.3, 0.4) is 0 Å². The van der Waals surface area contributed by atoms with Crippen LogP contribution < -0.4 is 10.6 Å². The van der Waals surface area contributed by atoms with Crippen LogP contribution in [-0.2, 0) is 0 Å². The number of hydrogen-bond donors (Lipinski definition) is 3. The molecule has 0 aliphatic heterocycles. The summed E-state index contributed by atoms with van der Waals surface area (Å²) in [6.45, 7) is 0.137. The second-order valence-corrected chi connectivity index (χ2v) is 4.91. The normalized spacial score (nSPS) is 17.7. The van der Waals surface area contributed by atoms with Gasteiger partial charge in [-0.1, -0.05) is 0 Å². The van der Waals surface area contributed by atoms with Crippen molar-refractivity contribution in [3.63, 3.8) is 0 Å². The summed E-state index contributed by atoms with van der Waals surface area (Å²) in [5.41, 5.74) is -0.193. The topological polar surface area (TPSA) is 70.1 Å². The second kappa shape index (κ2) is 4.55. The van der Waals surface area contributed by atoms with Crippen LogP contribution in [0.15, 0.2) is 10.7 Å². The van der Waals surface area contributed by atoms with Gasteiger partial charge < -0.3 is 15.7 Å². The van der Waals surface area contributed by atoms with E-state index in [1.54, 1.807) is 13.2 Å². The predicted molar refractivity (Wildman–Crippen MR) is 66.6 cm³/mol. The Bertz CT molecular complexity index is 376. The molecule has 88 valence electrons. The molecule has 1 fully saturated rings. The molecule has 0 bridgehead atoms. The minimum atomic E-state index is -0.193. The van der Waals surface area contributed by atoms with Gasteiger partial charge in [0.05, 0.1) is 16.6 Å². The fourth-order valence-electron chi connectivity index (χ4n) is 1.75. The quantitative estimate of drug-likeness (QED) is 0.785. The third-order valence-electron chi connectivity index (χ3n) is 2.96. The molecule has 1 saturated carbocycles. The van der Waals surface area contributed by atoms with E-state index in [2.05, 4.69) is 36.5 Å². The van der Waals surface area contributed by atoms with Gasteiger partial charge in [0.2, 0.25) is 5.95 Å². The SMILES string of the molecule is CNc1ncc(Br)c(NC2(CO)CCC2)n1. The van der Waals surface area contributed by atoms with Crippen molar-refractivity contribution in [1.82, 2.24) is 9.97 Å². The maximum absolute atomic E-state index is 9.38. The van der Waals surface area contributed by atoms with Gasteiger partial charge >= 0.3 is 0 Å². The fraction of sp³-hybridized carbons (Fsp3) is 0.600. The molecule has 5 nitrogen and oxygen atoms in total. The van der Waals surface area contributed by atoms with Crippen molar-refractivity contribution < 1.29 is 5.11 Å². The number of hydrogen-bond acceptors (Lipinski definition) is 5. The molecule has 3 N–H and O–H groups in total. The predicted octanol–water partition coefficient (Wildman–Crippen LogP) is 1.61. The van der Waals surface area contributed by atoms with E-state index in [0.717, 1.165) is 29.6 Å². The molecule has 1 aromatic heterocycles. The minimum absolute atomic E-state index is 0.137. The van der Waals surface area contributed by atoms with E-state index in [4.69, 9.17) is 0 Å². The molecule has 1 aliphatic rings. The lowest BCUT2D eigenvalue weighted by Gasteiger charge is -2.41. The van der Waals surface area contributed by atoms with Crippen LogP contribution in [0.25, 0.3) is 0 Å². The van der Waals surface area contributed by atoms with E-state index in [1.807, 2.05) is 0 Å². The van der Waals surface area contributed by atoms with E-state index >= 15 is 0 Å². The van der Waals surface area contributed by atoms with Crippen LogP contribution >= 0.6 is 15.9 Å². The van der Waals surface area contributed by atoms with Crippen LogP contribution in [0.4, 0.5) is 11.8 Å². The molecule has 0 atom stereocenters. The first kappa shape index (κ1) is 11.6. The molecule has 0 spiro atoms. The lowest BCUT2D eigenvalue weighted by molar-refractivity contribution is 0.143. The summed E-state index contributed by atoms with van der Waals surface area (Å²) in [6, 6.07) is 0. The highest BCUT2D eigenvalue weighted by Crippen LogP contribution is 2.36. The molecule has 0 saturated heterocycles. The summed E-state index contributed by atoms with van der Waals surface area (Å²) in [4.78, 5) is 8.40. The maximum Gasteiger partial charge on any atom is 0.224 e. The average Bonchev–Trinajstić information content (AvgIpc) is 2.26. The van der Waals surface area contributed by atoms with Gasteiger partial charge in [-0.2, -0.15) is 4.98 Å². The Balaban J connectivity index is 2.19. The number of aliphatic hydroxyl groups is 1. The number of nitrogens with zero attached hydrogens (tertiary/aromatic N) is 2. The van der Waals surface area contributed by atoms with Gasteiger partial charge in [0.15, 0.2) is 0 Å². The largest absolute Gasteiger partial charge is 0.394 e. The van der Waals surface area contributed by atoms with Crippen LogP contribution in [0.5, 0.6) is 0 Å². The Hall–Kier alpha value is -0.880. The first-order chi connectivity index (χ1) is 7.69. The fourth-order valence-corrected chi connectivity index (χ4v) is 2.04. The van der Waals surface area contributed by atoms with Gasteiger partial charge in [-0.25, -0.2) is 4.98 Å². The molecule has 1 heterocycles. The van der Waals surface area contributed by atoms with Crippen molar-refractivity contribution in [3.05, 3.63) is 10.7 Å². The van der Waals surface area contributed by atoms with Gasteiger partial charge in [0, 0.05) is 13.2 Å². The van der Waals surface area contributed by atoms with Gasteiger partial charge in [-0.05, 0) is 35.2 Å². The van der Waals surface area contributed by atoms with E-state index in [9.17, 15) is 5.11 Å². The third-order valence-corrected chi connectivity index (χ3v) is 3.54. The van der Waals surface area contributed by atoms with Crippen molar-refractivity contribution in [2.24, 2.45) is 0 Å². The number of anilines is 2. The van der Waals surface area contributed by atoms with Crippen LogP contribution in [0.2, 0.25) is 0 Å². The summed E-state index contributed by atoms with van der Waals surface area (Å²) in [5, 5.41) is 15.6. The zero-order valence-corrected chi connectivity index (χ0v) is 10.7. The number of aromatic nitrogens is 2. The van der Waals surface area contributed by atoms with E-state index in [1.165, 1.54) is 0 Å². The molecule has 0 amide bonds. The molecule has 6 heteroatoms. The summed E-state index contributed by atoms with van der Waals surface area (Å²) >= 11 is 3.40. The van der Waals surface area contributed by atoms with Crippen LogP contribution in [0, 0.1) is 0 Å². The van der Waals surface area contributed by atoms with Crippen molar-refractivity contribution >= 4 is 27.7 Å². The average molecular weight is 287 g/mol. The van der Waals surface area contributed by atoms with Gasteiger partial charge in [-0.3, -0.25) is 0 Å². The first-order valence-corrected chi connectivity index (χ1v) is 6.08. The number of nitrogens with one attached hydrogen (secondary N) is 2. The van der Waals surface area contributed by atoms with Crippen molar-refractivity contribution in [2.45, 2.75) is 24.8 Å². The molecule has 0 unspecified atom stereocenters. The highest BCUT2D eigenvalue weighted by molar-refractivity contribution is 9.10.